The van der Waals surface area contributed by atoms with Crippen LogP contribution in [0, 0.1) is 0 Å². The maximum Gasteiger partial charge on any atom is 0.456 e. The van der Waals surface area contributed by atoms with Crippen LogP contribution in [-0.4, -0.2) is 23.2 Å². The fraction of sp³-hybridized carbons (Fsp3) is 1.00. The van der Waals surface area contributed by atoms with Crippen LogP contribution in [0.15, 0.2) is 0 Å². The summed E-state index contributed by atoms with van der Waals surface area (Å²) < 4.78 is 0. The molecule has 4 heteroatoms. The average Bonchev–Trinajstić information content (AvgIpc) is 2.17. The molecule has 1 aliphatic carbocycles. The van der Waals surface area contributed by atoms with Gasteiger partial charge in [-0.2, -0.15) is 0 Å². The first kappa shape index (κ1) is 5.09. The van der Waals surface area contributed by atoms with Gasteiger partial charge in [-0.1, -0.05) is 0 Å². The smallest absolute Gasteiger partial charge is 0.427 e. The van der Waals surface area contributed by atoms with Gasteiger partial charge in [-0.25, -0.2) is 0 Å². The summed E-state index contributed by atoms with van der Waals surface area (Å²) in [5.41, 5.74) is 5.25. The molecule has 1 rings (SSSR count). The molecule has 4 N–H and O–H groups in total. The minimum absolute atomic E-state index is 0.0417. The molecule has 0 aliphatic heterocycles. The third-order valence-corrected chi connectivity index (χ3v) is 1.27. The van der Waals surface area contributed by atoms with Gasteiger partial charge < -0.3 is 15.8 Å². The number of hydrogen-bond acceptors (Lipinski definition) is 3. The third kappa shape index (κ3) is 0.935. The summed E-state index contributed by atoms with van der Waals surface area (Å²) in [6.45, 7) is 0. The number of hydrogen-bond donors (Lipinski definition) is 3. The van der Waals surface area contributed by atoms with Crippen molar-refractivity contribution in [3.05, 3.63) is 0 Å². The van der Waals surface area contributed by atoms with Crippen LogP contribution in [0.25, 0.3) is 0 Å². The van der Waals surface area contributed by atoms with Crippen LogP contribution in [0.5, 0.6) is 0 Å². The van der Waals surface area contributed by atoms with Crippen LogP contribution in [0.2, 0.25) is 5.82 Å². The topological polar surface area (TPSA) is 66.5 Å². The average molecular weight is 101 g/mol. The van der Waals surface area contributed by atoms with Gasteiger partial charge in [-0.3, -0.25) is 0 Å². The van der Waals surface area contributed by atoms with E-state index in [2.05, 4.69) is 0 Å². The maximum atomic E-state index is 8.34. The van der Waals surface area contributed by atoms with E-state index in [0.29, 0.717) is 0 Å². The highest BCUT2D eigenvalue weighted by Gasteiger charge is 2.42. The monoisotopic (exact) mass is 101 g/mol. The van der Waals surface area contributed by atoms with Gasteiger partial charge in [0.05, 0.1) is 0 Å². The van der Waals surface area contributed by atoms with Crippen LogP contribution in [-0.2, 0) is 0 Å². The first-order chi connectivity index (χ1) is 3.22. The zero-order valence-electron chi connectivity index (χ0n) is 3.91. The number of rotatable bonds is 1. The molecule has 1 aliphatic rings. The lowest BCUT2D eigenvalue weighted by Gasteiger charge is -1.88. The van der Waals surface area contributed by atoms with E-state index in [4.69, 9.17) is 15.8 Å². The molecule has 1 fully saturated rings. The van der Waals surface area contributed by atoms with E-state index in [9.17, 15) is 0 Å². The molecular formula is C3H8BNO2. The van der Waals surface area contributed by atoms with E-state index >= 15 is 0 Å². The molecular weight excluding hydrogens is 92.8 g/mol. The lowest BCUT2D eigenvalue weighted by Crippen LogP contribution is -2.15. The van der Waals surface area contributed by atoms with Crippen LogP contribution < -0.4 is 5.73 Å². The Morgan fingerprint density at radius 2 is 2.00 bits per heavy atom. The number of nitrogens with two attached hydrogens (primary N) is 1. The lowest BCUT2D eigenvalue weighted by molar-refractivity contribution is 0.402. The summed E-state index contributed by atoms with van der Waals surface area (Å²) in [5.74, 6) is -0.0417. The minimum Gasteiger partial charge on any atom is -0.427 e. The second-order valence-electron chi connectivity index (χ2n) is 1.98. The van der Waals surface area contributed by atoms with E-state index < -0.39 is 7.12 Å². The molecule has 0 heterocycles. The van der Waals surface area contributed by atoms with Crippen molar-refractivity contribution < 1.29 is 10.0 Å². The SMILES string of the molecule is N[C@@H]1C[C@H]1B(O)O. The van der Waals surface area contributed by atoms with Gasteiger partial charge in [0.15, 0.2) is 0 Å². The van der Waals surface area contributed by atoms with E-state index in [-0.39, 0.29) is 11.9 Å². The zero-order valence-corrected chi connectivity index (χ0v) is 3.91. The molecule has 0 aromatic heterocycles. The van der Waals surface area contributed by atoms with E-state index in [1.54, 1.807) is 0 Å². The lowest BCUT2D eigenvalue weighted by atomic mass is 9.83. The van der Waals surface area contributed by atoms with Gasteiger partial charge in [-0.15, -0.1) is 0 Å². The Morgan fingerprint density at radius 1 is 1.57 bits per heavy atom. The van der Waals surface area contributed by atoms with Crippen molar-refractivity contribution in [1.29, 1.82) is 0 Å². The molecule has 40 valence electrons. The summed E-state index contributed by atoms with van der Waals surface area (Å²) in [7, 11) is -1.19. The Labute approximate surface area is 42.3 Å². The predicted molar refractivity (Wildman–Crippen MR) is 26.5 cm³/mol. The summed E-state index contributed by atoms with van der Waals surface area (Å²) in [6, 6.07) is 0.0417. The van der Waals surface area contributed by atoms with Gasteiger partial charge in [-0.05, 0) is 6.42 Å². The minimum atomic E-state index is -1.19. The van der Waals surface area contributed by atoms with Crippen molar-refractivity contribution in [1.82, 2.24) is 0 Å². The molecule has 0 aromatic rings. The van der Waals surface area contributed by atoms with Crippen molar-refractivity contribution >= 4 is 7.12 Å². The first-order valence-electron chi connectivity index (χ1n) is 2.33. The molecule has 0 radical (unpaired) electrons. The van der Waals surface area contributed by atoms with Crippen LogP contribution in [0.1, 0.15) is 6.42 Å². The highest BCUT2D eigenvalue weighted by molar-refractivity contribution is 6.44. The second-order valence-corrected chi connectivity index (χ2v) is 1.98. The first-order valence-corrected chi connectivity index (χ1v) is 2.33. The van der Waals surface area contributed by atoms with Gasteiger partial charge in [0, 0.05) is 11.9 Å². The van der Waals surface area contributed by atoms with Gasteiger partial charge in [0.25, 0.3) is 0 Å². The second kappa shape index (κ2) is 1.47. The highest BCUT2D eigenvalue weighted by atomic mass is 16.4. The Balaban J connectivity index is 2.20. The predicted octanol–water partition coefficient (Wildman–Crippen LogP) is -1.44. The Hall–Kier alpha value is -0.0551. The summed E-state index contributed by atoms with van der Waals surface area (Å²) in [5, 5.41) is 16.7. The van der Waals surface area contributed by atoms with E-state index in [1.165, 1.54) is 0 Å². The van der Waals surface area contributed by atoms with Gasteiger partial charge in [0.2, 0.25) is 0 Å². The van der Waals surface area contributed by atoms with Crippen molar-refractivity contribution in [3.8, 4) is 0 Å². The summed E-state index contributed by atoms with van der Waals surface area (Å²) in [6.07, 6.45) is 0.762. The largest absolute Gasteiger partial charge is 0.456 e. The molecule has 1 saturated carbocycles. The zero-order chi connectivity index (χ0) is 5.44. The van der Waals surface area contributed by atoms with Crippen molar-refractivity contribution in [2.24, 2.45) is 5.73 Å². The van der Waals surface area contributed by atoms with Crippen molar-refractivity contribution in [3.63, 3.8) is 0 Å². The normalized spacial score (nSPS) is 38.1. The quantitative estimate of drug-likeness (QED) is 0.354. The van der Waals surface area contributed by atoms with E-state index in [1.807, 2.05) is 0 Å². The molecule has 7 heavy (non-hydrogen) atoms. The summed E-state index contributed by atoms with van der Waals surface area (Å²) >= 11 is 0. The molecule has 2 atom stereocenters. The fourth-order valence-electron chi connectivity index (χ4n) is 0.579. The molecule has 0 aromatic carbocycles. The molecule has 3 nitrogen and oxygen atoms in total. The Bertz CT molecular complexity index is 77.3. The van der Waals surface area contributed by atoms with Gasteiger partial charge in [0.1, 0.15) is 0 Å². The molecule has 0 saturated heterocycles. The van der Waals surface area contributed by atoms with Crippen molar-refractivity contribution in [2.75, 3.05) is 0 Å². The molecule has 0 bridgehead atoms. The standard InChI is InChI=1S/C3H8BNO2/c5-3-1-2(3)4(6)7/h2-3,6-7H,1,5H2/t2-,3-/m1/s1. The molecule has 0 unspecified atom stereocenters. The van der Waals surface area contributed by atoms with Gasteiger partial charge >= 0.3 is 7.12 Å². The van der Waals surface area contributed by atoms with E-state index in [0.717, 1.165) is 6.42 Å². The van der Waals surface area contributed by atoms with Crippen LogP contribution in [0.3, 0.4) is 0 Å². The summed E-state index contributed by atoms with van der Waals surface area (Å²) in [4.78, 5) is 0. The highest BCUT2D eigenvalue weighted by Crippen LogP contribution is 2.35. The van der Waals surface area contributed by atoms with Crippen molar-refractivity contribution in [2.45, 2.75) is 18.3 Å². The Kier molecular flexibility index (Phi) is 1.07. The van der Waals surface area contributed by atoms with Crippen LogP contribution in [0.4, 0.5) is 0 Å². The van der Waals surface area contributed by atoms with Crippen LogP contribution >= 0.6 is 0 Å². The molecule has 0 amide bonds. The third-order valence-electron chi connectivity index (χ3n) is 1.27. The Morgan fingerprint density at radius 3 is 2.00 bits per heavy atom. The molecule has 0 spiro atoms. The maximum absolute atomic E-state index is 8.34. The fourth-order valence-corrected chi connectivity index (χ4v) is 0.579.